The van der Waals surface area contributed by atoms with Crippen LogP contribution in [0.3, 0.4) is 0 Å². The van der Waals surface area contributed by atoms with E-state index in [1.807, 2.05) is 18.2 Å². The molecular formula is C20H32N2O3. The van der Waals surface area contributed by atoms with E-state index in [-0.39, 0.29) is 5.41 Å². The Kier molecular flexibility index (Phi) is 8.46. The first-order chi connectivity index (χ1) is 11.8. The Labute approximate surface area is 151 Å². The first-order valence-electron chi connectivity index (χ1n) is 9.13. The highest BCUT2D eigenvalue weighted by Crippen LogP contribution is 2.31. The minimum atomic E-state index is -1.01. The Morgan fingerprint density at radius 1 is 1.08 bits per heavy atom. The summed E-state index contributed by atoms with van der Waals surface area (Å²) in [7, 11) is 0. The number of carbonyl (C=O) groups excluding carboxylic acids is 2. The van der Waals surface area contributed by atoms with Crippen molar-refractivity contribution in [3.63, 3.8) is 0 Å². The molecule has 25 heavy (non-hydrogen) atoms. The minimum absolute atomic E-state index is 0.0794. The molecule has 0 aliphatic rings. The third-order valence-corrected chi connectivity index (χ3v) is 4.07. The van der Waals surface area contributed by atoms with Crippen molar-refractivity contribution in [2.45, 2.75) is 71.6 Å². The smallest absolute Gasteiger partial charge is 0.313 e. The highest BCUT2D eigenvalue weighted by atomic mass is 16.5. The maximum absolute atomic E-state index is 11.7. The lowest BCUT2D eigenvalue weighted by Gasteiger charge is -2.21. The predicted octanol–water partition coefficient (Wildman–Crippen LogP) is 4.15. The number of benzene rings is 1. The minimum Gasteiger partial charge on any atom is -0.491 e. The number of hydrogen-bond donors (Lipinski definition) is 2. The van der Waals surface area contributed by atoms with Crippen molar-refractivity contribution >= 4 is 17.5 Å². The zero-order valence-electron chi connectivity index (χ0n) is 16.0. The van der Waals surface area contributed by atoms with Gasteiger partial charge >= 0.3 is 11.8 Å². The summed E-state index contributed by atoms with van der Waals surface area (Å²) in [6.45, 7) is 9.03. The lowest BCUT2D eigenvalue weighted by molar-refractivity contribution is -0.134. The summed E-state index contributed by atoms with van der Waals surface area (Å²) < 4.78 is 5.83. The number of ether oxygens (including phenoxy) is 1. The molecule has 0 aromatic heterocycles. The number of unbranched alkanes of at least 4 members (excludes halogenated alkanes) is 5. The van der Waals surface area contributed by atoms with Gasteiger partial charge in [0.15, 0.2) is 0 Å². The van der Waals surface area contributed by atoms with E-state index in [0.29, 0.717) is 18.0 Å². The first kappa shape index (κ1) is 21.0. The summed E-state index contributed by atoms with van der Waals surface area (Å²) in [6.07, 6.45) is 7.08. The fraction of sp³-hybridized carbons (Fsp3) is 0.600. The molecule has 140 valence electrons. The van der Waals surface area contributed by atoms with Crippen LogP contribution in [0.1, 0.15) is 71.8 Å². The molecular weight excluding hydrogens is 316 g/mol. The van der Waals surface area contributed by atoms with Gasteiger partial charge in [-0.1, -0.05) is 65.9 Å². The second-order valence-corrected chi connectivity index (χ2v) is 7.40. The normalized spacial score (nSPS) is 11.2. The van der Waals surface area contributed by atoms with Crippen LogP contribution < -0.4 is 15.8 Å². The molecule has 0 saturated carbocycles. The standard InChI is InChI=1S/C20H32N2O3/c1-5-6-7-8-9-10-13-25-17-12-11-15(20(2,3)4)14-16(17)22-19(24)18(21)23/h11-12,14H,5-10,13H2,1-4H3,(H2,21,23)(H,22,24). The lowest BCUT2D eigenvalue weighted by atomic mass is 9.87. The average molecular weight is 348 g/mol. The Hall–Kier alpha value is -2.04. The molecule has 3 N–H and O–H groups in total. The molecule has 5 heteroatoms. The van der Waals surface area contributed by atoms with Crippen molar-refractivity contribution in [1.82, 2.24) is 0 Å². The molecule has 2 amide bonds. The molecule has 0 atom stereocenters. The van der Waals surface area contributed by atoms with Crippen LogP contribution in [-0.2, 0) is 15.0 Å². The van der Waals surface area contributed by atoms with E-state index in [1.165, 1.54) is 25.7 Å². The van der Waals surface area contributed by atoms with Gasteiger partial charge in [0.05, 0.1) is 12.3 Å². The van der Waals surface area contributed by atoms with Crippen molar-refractivity contribution in [1.29, 1.82) is 0 Å². The van der Waals surface area contributed by atoms with E-state index in [1.54, 1.807) is 0 Å². The van der Waals surface area contributed by atoms with E-state index in [4.69, 9.17) is 10.5 Å². The van der Waals surface area contributed by atoms with Gasteiger partial charge < -0.3 is 15.8 Å². The predicted molar refractivity (Wildman–Crippen MR) is 102 cm³/mol. The van der Waals surface area contributed by atoms with Crippen LogP contribution in [0.15, 0.2) is 18.2 Å². The quantitative estimate of drug-likeness (QED) is 0.519. The highest BCUT2D eigenvalue weighted by Gasteiger charge is 2.18. The van der Waals surface area contributed by atoms with Crippen molar-refractivity contribution in [2.75, 3.05) is 11.9 Å². The van der Waals surface area contributed by atoms with Crippen LogP contribution in [-0.4, -0.2) is 18.4 Å². The topological polar surface area (TPSA) is 81.4 Å². The molecule has 0 aliphatic heterocycles. The van der Waals surface area contributed by atoms with Gasteiger partial charge in [-0.05, 0) is 29.5 Å². The molecule has 0 saturated heterocycles. The fourth-order valence-corrected chi connectivity index (χ4v) is 2.47. The highest BCUT2D eigenvalue weighted by molar-refractivity contribution is 6.39. The summed E-state index contributed by atoms with van der Waals surface area (Å²) in [5.74, 6) is -1.28. The molecule has 1 aromatic carbocycles. The molecule has 0 fully saturated rings. The molecule has 0 heterocycles. The zero-order valence-corrected chi connectivity index (χ0v) is 16.0. The monoisotopic (exact) mass is 348 g/mol. The maximum atomic E-state index is 11.7. The number of amides is 2. The second kappa shape index (κ2) is 10.1. The number of hydrogen-bond acceptors (Lipinski definition) is 3. The third kappa shape index (κ3) is 7.59. The van der Waals surface area contributed by atoms with Gasteiger partial charge in [-0.25, -0.2) is 0 Å². The zero-order chi connectivity index (χ0) is 18.9. The van der Waals surface area contributed by atoms with Gasteiger partial charge in [-0.15, -0.1) is 0 Å². The van der Waals surface area contributed by atoms with Gasteiger partial charge in [-0.3, -0.25) is 9.59 Å². The number of nitrogens with two attached hydrogens (primary N) is 1. The van der Waals surface area contributed by atoms with E-state index in [9.17, 15) is 9.59 Å². The number of nitrogens with one attached hydrogen (secondary N) is 1. The SMILES string of the molecule is CCCCCCCCOc1ccc(C(C)(C)C)cc1NC(=O)C(N)=O. The third-order valence-electron chi connectivity index (χ3n) is 4.07. The number of anilines is 1. The molecule has 5 nitrogen and oxygen atoms in total. The van der Waals surface area contributed by atoms with Crippen molar-refractivity contribution in [2.24, 2.45) is 5.73 Å². The lowest BCUT2D eigenvalue weighted by Crippen LogP contribution is -2.30. The van der Waals surface area contributed by atoms with Crippen LogP contribution in [0, 0.1) is 0 Å². The van der Waals surface area contributed by atoms with E-state index >= 15 is 0 Å². The summed E-state index contributed by atoms with van der Waals surface area (Å²) in [5.41, 5.74) is 6.50. The number of carbonyl (C=O) groups is 2. The van der Waals surface area contributed by atoms with E-state index in [0.717, 1.165) is 18.4 Å². The van der Waals surface area contributed by atoms with Crippen molar-refractivity contribution < 1.29 is 14.3 Å². The van der Waals surface area contributed by atoms with Gasteiger partial charge in [-0.2, -0.15) is 0 Å². The van der Waals surface area contributed by atoms with Crippen LogP contribution in [0.4, 0.5) is 5.69 Å². The van der Waals surface area contributed by atoms with Gasteiger partial charge in [0.2, 0.25) is 0 Å². The van der Waals surface area contributed by atoms with Gasteiger partial charge in [0.25, 0.3) is 0 Å². The van der Waals surface area contributed by atoms with E-state index in [2.05, 4.69) is 33.0 Å². The Balaban J connectivity index is 2.73. The van der Waals surface area contributed by atoms with Crippen LogP contribution in [0.2, 0.25) is 0 Å². The number of rotatable bonds is 9. The average Bonchev–Trinajstić information content (AvgIpc) is 2.54. The summed E-state index contributed by atoms with van der Waals surface area (Å²) in [6, 6.07) is 5.67. The Morgan fingerprint density at radius 2 is 1.72 bits per heavy atom. The Bertz CT molecular complexity index is 577. The molecule has 0 unspecified atom stereocenters. The molecule has 1 aromatic rings. The Morgan fingerprint density at radius 3 is 2.32 bits per heavy atom. The van der Waals surface area contributed by atoms with Gasteiger partial charge in [0, 0.05) is 0 Å². The van der Waals surface area contributed by atoms with Crippen molar-refractivity contribution in [3.05, 3.63) is 23.8 Å². The molecule has 0 spiro atoms. The maximum Gasteiger partial charge on any atom is 0.313 e. The first-order valence-corrected chi connectivity index (χ1v) is 9.13. The molecule has 1 rings (SSSR count). The van der Waals surface area contributed by atoms with Crippen LogP contribution in [0.5, 0.6) is 5.75 Å². The van der Waals surface area contributed by atoms with E-state index < -0.39 is 11.8 Å². The summed E-state index contributed by atoms with van der Waals surface area (Å²) in [4.78, 5) is 22.7. The molecule has 0 bridgehead atoms. The molecule has 0 radical (unpaired) electrons. The summed E-state index contributed by atoms with van der Waals surface area (Å²) >= 11 is 0. The van der Waals surface area contributed by atoms with Crippen molar-refractivity contribution in [3.8, 4) is 5.75 Å². The van der Waals surface area contributed by atoms with Gasteiger partial charge in [0.1, 0.15) is 5.75 Å². The number of primary amides is 1. The largest absolute Gasteiger partial charge is 0.491 e. The van der Waals surface area contributed by atoms with Crippen LogP contribution in [0.25, 0.3) is 0 Å². The summed E-state index contributed by atoms with van der Waals surface area (Å²) in [5, 5.41) is 2.55. The second-order valence-electron chi connectivity index (χ2n) is 7.40. The van der Waals surface area contributed by atoms with Crippen LogP contribution >= 0.6 is 0 Å². The fourth-order valence-electron chi connectivity index (χ4n) is 2.47. The molecule has 0 aliphatic carbocycles.